The number of benzene rings is 6. The van der Waals surface area contributed by atoms with Crippen molar-refractivity contribution in [1.29, 1.82) is 0 Å². The van der Waals surface area contributed by atoms with Gasteiger partial charge in [0.2, 0.25) is 0 Å². The second kappa shape index (κ2) is 54.7. The van der Waals surface area contributed by atoms with Gasteiger partial charge in [0.25, 0.3) is 0 Å². The first-order valence-corrected chi connectivity index (χ1v) is 27.6. The van der Waals surface area contributed by atoms with Crippen LogP contribution in [0.15, 0.2) is 244 Å². The van der Waals surface area contributed by atoms with Crippen LogP contribution in [-0.2, 0) is 77.9 Å². The van der Waals surface area contributed by atoms with Crippen molar-refractivity contribution in [2.45, 2.75) is 69.2 Å². The van der Waals surface area contributed by atoms with E-state index in [2.05, 4.69) is 55.8 Å². The molecule has 6 aromatic carbocycles. The Labute approximate surface area is 597 Å². The molecule has 94 heavy (non-hydrogen) atoms. The van der Waals surface area contributed by atoms with Crippen molar-refractivity contribution in [3.05, 3.63) is 282 Å². The van der Waals surface area contributed by atoms with Crippen molar-refractivity contribution in [2.75, 3.05) is 26.4 Å². The van der Waals surface area contributed by atoms with E-state index >= 15 is 0 Å². The Bertz CT molecular complexity index is 3350. The number of para-hydroxylation sites is 8. The van der Waals surface area contributed by atoms with Crippen LogP contribution < -0.4 is 81.5 Å². The second-order valence-electron chi connectivity index (χ2n) is 17.5. The van der Waals surface area contributed by atoms with Crippen LogP contribution in [-0.4, -0.2) is 26.4 Å². The Kier molecular flexibility index (Phi) is 53.4. The van der Waals surface area contributed by atoms with Gasteiger partial charge in [-0.2, -0.15) is 0 Å². The summed E-state index contributed by atoms with van der Waals surface area (Å²) in [5, 5.41) is 85.8. The van der Waals surface area contributed by atoms with Crippen LogP contribution in [0.2, 0.25) is 0 Å². The molecule has 0 N–H and O–H groups in total. The number of rotatable bonds is 8. The van der Waals surface area contributed by atoms with Crippen molar-refractivity contribution in [2.24, 2.45) is 0 Å². The molecule has 0 atom stereocenters. The SMILES string of the molecule is CCOc1ccccc1[O-].CCOc1ccccc1[O-].CCOc1ccccc1[O-].CCOc1ccccc1[O-].Cc1ccccc1.Cc1ccccc1.Cc1occc(=O)c1[O-].Cc1occc(=O)c1[O-].Cc1occc(=O)c1[O-].Cc1occc(=O)c1[O-].[Zn+2].[Zn+2].[Zn+2].[Zn+2]. The van der Waals surface area contributed by atoms with Gasteiger partial charge in [0.1, 0.15) is 23.0 Å². The van der Waals surface area contributed by atoms with Crippen LogP contribution in [0, 0.1) is 41.5 Å². The first kappa shape index (κ1) is 91.6. The first-order chi connectivity index (χ1) is 43.0. The third-order valence-corrected chi connectivity index (χ3v) is 10.5. The maximum Gasteiger partial charge on any atom is 2.00 e. The topological polar surface area (TPSA) is 342 Å². The number of hydrogen-bond donors (Lipinski definition) is 0. The molecule has 0 saturated heterocycles. The van der Waals surface area contributed by atoms with E-state index in [9.17, 15) is 60.0 Å². The number of hydrogen-bond acceptors (Lipinski definition) is 20. The standard InChI is InChI=1S/4C8H10O2.2C7H8.4C6H6O3.4Zn/c4*1-2-10-8-6-4-3-5-7(8)9;2*1-7-5-3-2-4-6-7;4*1-4-6(8)5(7)2-3-9-4;;;;/h4*3-6,9H,2H2,1H3;2*2-6H,1H3;4*2-3,8H,1H3;;;;/q;;;;;;;;;;4*+2/p-8. The monoisotopic (exact) mass is 1490 g/mol. The van der Waals surface area contributed by atoms with E-state index in [4.69, 9.17) is 18.9 Å². The van der Waals surface area contributed by atoms with E-state index in [1.165, 1.54) is 88.1 Å². The Balaban J connectivity index is -0.000000477. The molecule has 0 aliphatic rings. The summed E-state index contributed by atoms with van der Waals surface area (Å²) in [5.74, 6) is -0.132. The van der Waals surface area contributed by atoms with E-state index in [0.717, 1.165) is 24.3 Å². The summed E-state index contributed by atoms with van der Waals surface area (Å²) in [6.45, 7) is 19.6. The van der Waals surface area contributed by atoms with Gasteiger partial charge in [-0.3, -0.25) is 19.2 Å². The summed E-state index contributed by atoms with van der Waals surface area (Å²) in [6.07, 6.45) is 4.83. The third-order valence-electron chi connectivity index (χ3n) is 10.5. The third kappa shape index (κ3) is 39.6. The Hall–Kier alpha value is -8.79. The molecule has 0 aliphatic heterocycles. The molecular formula is C70H72O20Zn4. The molecule has 20 nitrogen and oxygen atoms in total. The van der Waals surface area contributed by atoms with E-state index < -0.39 is 44.7 Å². The molecule has 0 aliphatic carbocycles. The van der Waals surface area contributed by atoms with E-state index in [1.54, 1.807) is 72.8 Å². The molecule has 0 spiro atoms. The number of ether oxygens (including phenoxy) is 4. The predicted molar refractivity (Wildman–Crippen MR) is 327 cm³/mol. The van der Waals surface area contributed by atoms with Gasteiger partial charge in [0.15, 0.2) is 21.7 Å². The molecule has 10 rings (SSSR count). The average molecular weight is 1490 g/mol. The van der Waals surface area contributed by atoms with Crippen molar-refractivity contribution in [3.63, 3.8) is 0 Å². The van der Waals surface area contributed by atoms with E-state index in [1.807, 2.05) is 64.1 Å². The fraction of sp³-hybridized carbons (Fsp3) is 0.200. The van der Waals surface area contributed by atoms with E-state index in [0.29, 0.717) is 49.4 Å². The fourth-order valence-electron chi connectivity index (χ4n) is 5.97. The van der Waals surface area contributed by atoms with Gasteiger partial charge in [-0.25, -0.2) is 0 Å². The van der Waals surface area contributed by atoms with Crippen LogP contribution in [0.25, 0.3) is 0 Å². The molecule has 4 aromatic heterocycles. The van der Waals surface area contributed by atoms with Gasteiger partial charge >= 0.3 is 77.9 Å². The smallest absolute Gasteiger partial charge is 0.870 e. The molecule has 10 aromatic rings. The van der Waals surface area contributed by atoms with Crippen LogP contribution in [0.3, 0.4) is 0 Å². The van der Waals surface area contributed by atoms with Crippen molar-refractivity contribution < 1.29 is 155 Å². The van der Waals surface area contributed by atoms with Gasteiger partial charge in [0, 0.05) is 24.3 Å². The summed E-state index contributed by atoms with van der Waals surface area (Å²) in [5.41, 5.74) is 0.583. The van der Waals surface area contributed by atoms with Gasteiger partial charge in [0.05, 0.1) is 74.5 Å². The quantitative estimate of drug-likeness (QED) is 0.128. The number of aryl methyl sites for hydroxylation is 6. The second-order valence-corrected chi connectivity index (χ2v) is 17.5. The zero-order valence-corrected chi connectivity index (χ0v) is 66.3. The average Bonchev–Trinajstić information content (AvgIpc) is 2.01. The summed E-state index contributed by atoms with van der Waals surface area (Å²) in [4.78, 5) is 41.9. The van der Waals surface area contributed by atoms with Crippen LogP contribution in [0.4, 0.5) is 0 Å². The molecule has 4 heterocycles. The van der Waals surface area contributed by atoms with Gasteiger partial charge in [-0.15, -0.1) is 0 Å². The Morgan fingerprint density at radius 2 is 0.436 bits per heavy atom. The molecule has 0 bridgehead atoms. The van der Waals surface area contributed by atoms with Gasteiger partial charge < -0.3 is 77.5 Å². The summed E-state index contributed by atoms with van der Waals surface area (Å²) >= 11 is 0. The Morgan fingerprint density at radius 1 is 0.266 bits per heavy atom. The summed E-state index contributed by atoms with van der Waals surface area (Å²) < 4.78 is 38.6. The predicted octanol–water partition coefficient (Wildman–Crippen LogP) is 8.70. The zero-order chi connectivity index (χ0) is 67.2. The molecule has 0 amide bonds. The van der Waals surface area contributed by atoms with E-state index in [-0.39, 0.29) is 124 Å². The van der Waals surface area contributed by atoms with Crippen LogP contribution in [0.1, 0.15) is 61.9 Å². The zero-order valence-electron chi connectivity index (χ0n) is 54.5. The molecule has 24 heteroatoms. The van der Waals surface area contributed by atoms with Crippen molar-refractivity contribution in [1.82, 2.24) is 0 Å². The summed E-state index contributed by atoms with van der Waals surface area (Å²) in [7, 11) is 0. The minimum absolute atomic E-state index is 0. The van der Waals surface area contributed by atoms with Gasteiger partial charge in [-0.1, -0.05) is 168 Å². The summed E-state index contributed by atoms with van der Waals surface area (Å²) in [6, 6.07) is 51.5. The van der Waals surface area contributed by atoms with Crippen LogP contribution in [0.5, 0.6) is 69.0 Å². The minimum Gasteiger partial charge on any atom is -0.870 e. The normalized spacial score (nSPS) is 8.87. The molecule has 0 saturated carbocycles. The minimum atomic E-state index is -0.558. The molecule has 480 valence electrons. The molecule has 0 radical (unpaired) electrons. The van der Waals surface area contributed by atoms with Gasteiger partial charge in [-0.05, 0) is 117 Å². The largest absolute Gasteiger partial charge is 2.00 e. The first-order valence-electron chi connectivity index (χ1n) is 27.6. The maximum atomic E-state index is 10.9. The fourth-order valence-corrected chi connectivity index (χ4v) is 5.97. The molecular weight excluding hydrogens is 1420 g/mol. The van der Waals surface area contributed by atoms with Crippen molar-refractivity contribution >= 4 is 0 Å². The molecule has 0 fully saturated rings. The van der Waals surface area contributed by atoms with Crippen molar-refractivity contribution in [3.8, 4) is 69.0 Å². The Morgan fingerprint density at radius 3 is 0.564 bits per heavy atom. The maximum absolute atomic E-state index is 10.9. The van der Waals surface area contributed by atoms with Crippen LogP contribution >= 0.6 is 0 Å². The molecule has 0 unspecified atom stereocenters.